The van der Waals surface area contributed by atoms with Crippen LogP contribution in [0.25, 0.3) is 0 Å². The Balaban J connectivity index is 2.22. The number of nitrogens with two attached hydrogens (primary N) is 1. The zero-order valence-electron chi connectivity index (χ0n) is 10.9. The van der Waals surface area contributed by atoms with E-state index >= 15 is 0 Å². The quantitative estimate of drug-likeness (QED) is 0.860. The summed E-state index contributed by atoms with van der Waals surface area (Å²) in [6.07, 6.45) is 1.52. The van der Waals surface area contributed by atoms with Gasteiger partial charge in [0.25, 0.3) is 0 Å². The molecule has 0 aromatic heterocycles. The van der Waals surface area contributed by atoms with Crippen molar-refractivity contribution in [3.05, 3.63) is 35.4 Å². The molecule has 0 bridgehead atoms. The summed E-state index contributed by atoms with van der Waals surface area (Å²) in [6.45, 7) is 2.43. The van der Waals surface area contributed by atoms with Crippen molar-refractivity contribution in [3.8, 4) is 0 Å². The largest absolute Gasteiger partial charge is 0.372 e. The van der Waals surface area contributed by atoms with Gasteiger partial charge in [-0.1, -0.05) is 12.1 Å². The highest BCUT2D eigenvalue weighted by atomic mass is 19.2. The maximum atomic E-state index is 13.9. The molecule has 3 nitrogen and oxygen atoms in total. The Hall–Kier alpha value is -1.04. The van der Waals surface area contributed by atoms with Gasteiger partial charge in [0, 0.05) is 24.6 Å². The van der Waals surface area contributed by atoms with Gasteiger partial charge in [0.1, 0.15) is 0 Å². The van der Waals surface area contributed by atoms with E-state index in [0.29, 0.717) is 18.7 Å². The van der Waals surface area contributed by atoms with Crippen molar-refractivity contribution in [1.29, 1.82) is 0 Å². The lowest BCUT2D eigenvalue weighted by atomic mass is 9.89. The molecule has 1 aliphatic heterocycles. The molecule has 5 heteroatoms. The molecule has 1 aromatic rings. The highest BCUT2D eigenvalue weighted by Gasteiger charge is 2.28. The van der Waals surface area contributed by atoms with Crippen molar-refractivity contribution >= 4 is 0 Å². The first kappa shape index (κ1) is 14.4. The Kier molecular flexibility index (Phi) is 5.24. The van der Waals surface area contributed by atoms with Gasteiger partial charge in [0.15, 0.2) is 11.6 Å². The minimum absolute atomic E-state index is 0.150. The molecule has 1 aliphatic rings. The summed E-state index contributed by atoms with van der Waals surface area (Å²) in [5.74, 6) is -1.49. The lowest BCUT2D eigenvalue weighted by Crippen LogP contribution is -2.35. The molecule has 106 valence electrons. The van der Waals surface area contributed by atoms with Crippen molar-refractivity contribution in [1.82, 2.24) is 5.32 Å². The molecule has 2 rings (SSSR count). The first-order chi connectivity index (χ1) is 9.24. The van der Waals surface area contributed by atoms with Crippen molar-refractivity contribution in [2.45, 2.75) is 18.9 Å². The van der Waals surface area contributed by atoms with Crippen LogP contribution in [0, 0.1) is 17.6 Å². The number of piperidine rings is 1. The number of rotatable bonds is 5. The average Bonchev–Trinajstić information content (AvgIpc) is 2.45. The Bertz CT molecular complexity index is 408. The first-order valence-electron chi connectivity index (χ1n) is 6.70. The molecule has 1 aromatic carbocycles. The molecule has 0 radical (unpaired) electrons. The number of hydrogen-bond donors (Lipinski definition) is 2. The van der Waals surface area contributed by atoms with Crippen LogP contribution < -0.4 is 11.1 Å². The fourth-order valence-corrected chi connectivity index (χ4v) is 2.55. The zero-order valence-corrected chi connectivity index (χ0v) is 10.9. The van der Waals surface area contributed by atoms with Gasteiger partial charge in [-0.3, -0.25) is 0 Å². The molecule has 1 unspecified atom stereocenters. The van der Waals surface area contributed by atoms with Crippen molar-refractivity contribution in [2.75, 3.05) is 26.2 Å². The lowest BCUT2D eigenvalue weighted by Gasteiger charge is -2.31. The molecular weight excluding hydrogens is 250 g/mol. The standard InChI is InChI=1S/C14H20F2N2O/c15-12-5-1-4-11(13(12)16)14(19-8-6-17)10-3-2-7-18-9-10/h1,4-5,10,14,18H,2-3,6-9,17H2/t10?,14-/m1/s1. The fourth-order valence-electron chi connectivity index (χ4n) is 2.55. The summed E-state index contributed by atoms with van der Waals surface area (Å²) in [5.41, 5.74) is 5.74. The van der Waals surface area contributed by atoms with Gasteiger partial charge in [-0.15, -0.1) is 0 Å². The number of hydrogen-bond acceptors (Lipinski definition) is 3. The van der Waals surface area contributed by atoms with Crippen LogP contribution in [0.1, 0.15) is 24.5 Å². The van der Waals surface area contributed by atoms with E-state index in [0.717, 1.165) is 32.0 Å². The van der Waals surface area contributed by atoms with E-state index in [4.69, 9.17) is 10.5 Å². The summed E-state index contributed by atoms with van der Waals surface area (Å²) >= 11 is 0. The summed E-state index contributed by atoms with van der Waals surface area (Å²) in [4.78, 5) is 0. The summed E-state index contributed by atoms with van der Waals surface area (Å²) in [7, 11) is 0. The summed E-state index contributed by atoms with van der Waals surface area (Å²) in [6, 6.07) is 4.23. The average molecular weight is 270 g/mol. The number of halogens is 2. The lowest BCUT2D eigenvalue weighted by molar-refractivity contribution is 0.00462. The molecule has 3 N–H and O–H groups in total. The van der Waals surface area contributed by atoms with E-state index in [9.17, 15) is 8.78 Å². The predicted octanol–water partition coefficient (Wildman–Crippen LogP) is 1.98. The van der Waals surface area contributed by atoms with E-state index in [-0.39, 0.29) is 5.92 Å². The van der Waals surface area contributed by atoms with Crippen molar-refractivity contribution in [3.63, 3.8) is 0 Å². The second-order valence-electron chi connectivity index (χ2n) is 4.83. The second-order valence-corrected chi connectivity index (χ2v) is 4.83. The summed E-state index contributed by atoms with van der Waals surface area (Å²) in [5, 5.41) is 3.27. The Morgan fingerprint density at radius 2 is 2.26 bits per heavy atom. The van der Waals surface area contributed by atoms with Gasteiger partial charge >= 0.3 is 0 Å². The maximum Gasteiger partial charge on any atom is 0.164 e. The third kappa shape index (κ3) is 3.49. The number of benzene rings is 1. The molecule has 0 amide bonds. The van der Waals surface area contributed by atoms with Crippen LogP contribution in [0.3, 0.4) is 0 Å². The van der Waals surface area contributed by atoms with Crippen LogP contribution in [-0.2, 0) is 4.74 Å². The van der Waals surface area contributed by atoms with Gasteiger partial charge in [-0.05, 0) is 25.5 Å². The Morgan fingerprint density at radius 3 is 2.95 bits per heavy atom. The van der Waals surface area contributed by atoms with Crippen molar-refractivity contribution in [2.24, 2.45) is 11.7 Å². The molecule has 1 saturated heterocycles. The van der Waals surface area contributed by atoms with Crippen LogP contribution in [-0.4, -0.2) is 26.2 Å². The molecule has 2 atom stereocenters. The molecule has 0 aliphatic carbocycles. The highest BCUT2D eigenvalue weighted by Crippen LogP contribution is 2.32. The van der Waals surface area contributed by atoms with Crippen LogP contribution in [0.15, 0.2) is 18.2 Å². The van der Waals surface area contributed by atoms with Crippen LogP contribution >= 0.6 is 0 Å². The fraction of sp³-hybridized carbons (Fsp3) is 0.571. The highest BCUT2D eigenvalue weighted by molar-refractivity contribution is 5.22. The van der Waals surface area contributed by atoms with Gasteiger partial charge in [-0.2, -0.15) is 0 Å². The van der Waals surface area contributed by atoms with Gasteiger partial charge in [-0.25, -0.2) is 8.78 Å². The maximum absolute atomic E-state index is 13.9. The molecule has 19 heavy (non-hydrogen) atoms. The summed E-state index contributed by atoms with van der Waals surface area (Å²) < 4.78 is 33.0. The third-order valence-corrected chi connectivity index (χ3v) is 3.47. The second kappa shape index (κ2) is 6.93. The van der Waals surface area contributed by atoms with Gasteiger partial charge in [0.05, 0.1) is 12.7 Å². The Labute approximate surface area is 112 Å². The monoisotopic (exact) mass is 270 g/mol. The minimum Gasteiger partial charge on any atom is -0.372 e. The molecule has 0 spiro atoms. The van der Waals surface area contributed by atoms with E-state index in [1.165, 1.54) is 6.07 Å². The van der Waals surface area contributed by atoms with Crippen LogP contribution in [0.4, 0.5) is 8.78 Å². The van der Waals surface area contributed by atoms with Crippen LogP contribution in [0.2, 0.25) is 0 Å². The minimum atomic E-state index is -0.831. The number of ether oxygens (including phenoxy) is 1. The molecule has 0 saturated carbocycles. The molecular formula is C14H20F2N2O. The molecule has 1 fully saturated rings. The SMILES string of the molecule is NCCO[C@@H](c1cccc(F)c1F)C1CCCNC1. The smallest absolute Gasteiger partial charge is 0.164 e. The van der Waals surface area contributed by atoms with E-state index in [2.05, 4.69) is 5.32 Å². The van der Waals surface area contributed by atoms with E-state index in [1.54, 1.807) is 6.07 Å². The third-order valence-electron chi connectivity index (χ3n) is 3.47. The zero-order chi connectivity index (χ0) is 13.7. The predicted molar refractivity (Wildman–Crippen MR) is 69.7 cm³/mol. The number of nitrogens with one attached hydrogen (secondary N) is 1. The van der Waals surface area contributed by atoms with Crippen molar-refractivity contribution < 1.29 is 13.5 Å². The van der Waals surface area contributed by atoms with Gasteiger partial charge < -0.3 is 15.8 Å². The Morgan fingerprint density at radius 1 is 1.42 bits per heavy atom. The normalized spacial score (nSPS) is 21.3. The topological polar surface area (TPSA) is 47.3 Å². The first-order valence-corrected chi connectivity index (χ1v) is 6.70. The van der Waals surface area contributed by atoms with E-state index in [1.807, 2.05) is 0 Å². The van der Waals surface area contributed by atoms with Crippen LogP contribution in [0.5, 0.6) is 0 Å². The van der Waals surface area contributed by atoms with E-state index < -0.39 is 17.7 Å². The van der Waals surface area contributed by atoms with Gasteiger partial charge in [0.2, 0.25) is 0 Å². The molecule has 1 heterocycles.